The maximum Gasteiger partial charge on any atom is 0.272 e. The number of nitrogens with one attached hydrogen (secondary N) is 1. The number of carbonyl (C=O) groups is 1. The Morgan fingerprint density at radius 2 is 2.07 bits per heavy atom. The fourth-order valence-electron chi connectivity index (χ4n) is 3.48. The molecule has 1 aromatic heterocycles. The molecule has 1 aromatic carbocycles. The molecule has 1 aliphatic heterocycles. The molecule has 0 aliphatic carbocycles. The lowest BCUT2D eigenvalue weighted by molar-refractivity contribution is 0.101. The van der Waals surface area contributed by atoms with Crippen LogP contribution in [-0.4, -0.2) is 36.3 Å². The van der Waals surface area contributed by atoms with Crippen molar-refractivity contribution in [2.75, 3.05) is 18.4 Å². The van der Waals surface area contributed by atoms with E-state index in [1.165, 1.54) is 16.6 Å². The fraction of sp³-hybridized carbons (Fsp3) is 0.450. The molecule has 0 radical (unpaired) electrons. The van der Waals surface area contributed by atoms with Crippen molar-refractivity contribution in [1.29, 1.82) is 0 Å². The van der Waals surface area contributed by atoms with Gasteiger partial charge in [0, 0.05) is 32.0 Å². The van der Waals surface area contributed by atoms with E-state index < -0.39 is 10.0 Å². The molecule has 0 spiro atoms. The maximum absolute atomic E-state index is 12.9. The third-order valence-corrected chi connectivity index (χ3v) is 6.89. The van der Waals surface area contributed by atoms with Crippen LogP contribution in [-0.2, 0) is 23.5 Å². The van der Waals surface area contributed by atoms with Crippen LogP contribution < -0.4 is 5.32 Å². The lowest BCUT2D eigenvalue weighted by Crippen LogP contribution is -2.38. The molecule has 7 heteroatoms. The number of anilines is 1. The van der Waals surface area contributed by atoms with Crippen LogP contribution in [0.5, 0.6) is 0 Å². The van der Waals surface area contributed by atoms with Gasteiger partial charge in [-0.25, -0.2) is 8.42 Å². The van der Waals surface area contributed by atoms with Crippen LogP contribution in [0.15, 0.2) is 41.4 Å². The molecule has 1 fully saturated rings. The summed E-state index contributed by atoms with van der Waals surface area (Å²) in [7, 11) is -1.89. The highest BCUT2D eigenvalue weighted by Crippen LogP contribution is 2.25. The van der Waals surface area contributed by atoms with E-state index in [-0.39, 0.29) is 10.8 Å². The summed E-state index contributed by atoms with van der Waals surface area (Å²) >= 11 is 0. The lowest BCUT2D eigenvalue weighted by Gasteiger charge is -2.29. The molecular weight excluding hydrogens is 362 g/mol. The van der Waals surface area contributed by atoms with Crippen molar-refractivity contribution in [2.45, 2.75) is 38.0 Å². The van der Waals surface area contributed by atoms with Gasteiger partial charge in [0.1, 0.15) is 10.6 Å². The van der Waals surface area contributed by atoms with Gasteiger partial charge >= 0.3 is 0 Å². The Bertz CT molecular complexity index is 934. The molecule has 0 saturated carbocycles. The van der Waals surface area contributed by atoms with E-state index in [2.05, 4.69) is 19.2 Å². The van der Waals surface area contributed by atoms with Crippen LogP contribution in [0.2, 0.25) is 0 Å². The van der Waals surface area contributed by atoms with E-state index in [1.807, 2.05) is 24.3 Å². The molecule has 1 atom stereocenters. The molecule has 1 saturated heterocycles. The number of hydrogen-bond acceptors (Lipinski definition) is 3. The summed E-state index contributed by atoms with van der Waals surface area (Å²) in [5, 5.41) is 2.86. The minimum Gasteiger partial charge on any atom is -0.345 e. The Morgan fingerprint density at radius 3 is 2.78 bits per heavy atom. The molecule has 0 bridgehead atoms. The molecule has 0 unspecified atom stereocenters. The number of piperidine rings is 1. The first-order valence-electron chi connectivity index (χ1n) is 9.38. The zero-order chi connectivity index (χ0) is 19.6. The summed E-state index contributed by atoms with van der Waals surface area (Å²) in [4.78, 5) is 12.8. The smallest absolute Gasteiger partial charge is 0.272 e. The van der Waals surface area contributed by atoms with Crippen LogP contribution in [0, 0.1) is 5.92 Å². The number of nitrogens with zero attached hydrogens (tertiary/aromatic N) is 2. The third-order valence-electron chi connectivity index (χ3n) is 5.06. The van der Waals surface area contributed by atoms with Crippen molar-refractivity contribution in [1.82, 2.24) is 8.87 Å². The Balaban J connectivity index is 1.82. The number of sulfonamides is 1. The summed E-state index contributed by atoms with van der Waals surface area (Å²) in [6.45, 7) is 5.18. The zero-order valence-corrected chi connectivity index (χ0v) is 16.9. The van der Waals surface area contributed by atoms with Gasteiger partial charge in [-0.05, 0) is 48.9 Å². The van der Waals surface area contributed by atoms with Gasteiger partial charge < -0.3 is 9.88 Å². The van der Waals surface area contributed by atoms with Crippen molar-refractivity contribution in [3.05, 3.63) is 47.8 Å². The number of amides is 1. The Kier molecular flexibility index (Phi) is 5.72. The molecule has 6 nitrogen and oxygen atoms in total. The Morgan fingerprint density at radius 1 is 1.30 bits per heavy atom. The zero-order valence-electron chi connectivity index (χ0n) is 16.1. The number of aromatic nitrogens is 1. The normalized spacial score (nSPS) is 18.4. The minimum absolute atomic E-state index is 0.173. The highest BCUT2D eigenvalue weighted by atomic mass is 32.2. The fourth-order valence-corrected chi connectivity index (χ4v) is 5.15. The van der Waals surface area contributed by atoms with Crippen molar-refractivity contribution >= 4 is 21.6 Å². The largest absolute Gasteiger partial charge is 0.345 e. The number of rotatable bonds is 5. The average Bonchev–Trinajstić information content (AvgIpc) is 3.04. The SMILES string of the molecule is CCc1cccc(NC(=O)c2cc(S(=O)(=O)N3CCC[C@H](C)C3)cn2C)c1. The number of carbonyl (C=O) groups excluding carboxylic acids is 1. The lowest BCUT2D eigenvalue weighted by atomic mass is 10.0. The number of benzene rings is 1. The van der Waals surface area contributed by atoms with Gasteiger partial charge in [0.05, 0.1) is 0 Å². The van der Waals surface area contributed by atoms with Gasteiger partial charge in [0.15, 0.2) is 0 Å². The second-order valence-electron chi connectivity index (χ2n) is 7.29. The molecule has 1 aliphatic rings. The van der Waals surface area contributed by atoms with Crippen LogP contribution in [0.4, 0.5) is 5.69 Å². The van der Waals surface area contributed by atoms with E-state index in [1.54, 1.807) is 11.6 Å². The van der Waals surface area contributed by atoms with Crippen LogP contribution in [0.3, 0.4) is 0 Å². The molecule has 1 N–H and O–H groups in total. The van der Waals surface area contributed by atoms with Crippen molar-refractivity contribution in [3.63, 3.8) is 0 Å². The minimum atomic E-state index is -3.58. The van der Waals surface area contributed by atoms with Crippen molar-refractivity contribution in [2.24, 2.45) is 13.0 Å². The summed E-state index contributed by atoms with van der Waals surface area (Å²) in [6, 6.07) is 9.11. The first-order valence-corrected chi connectivity index (χ1v) is 10.8. The highest BCUT2D eigenvalue weighted by molar-refractivity contribution is 7.89. The maximum atomic E-state index is 12.9. The first kappa shape index (κ1) is 19.6. The van der Waals surface area contributed by atoms with E-state index in [9.17, 15) is 13.2 Å². The molecule has 2 heterocycles. The topological polar surface area (TPSA) is 71.4 Å². The van der Waals surface area contributed by atoms with Gasteiger partial charge in [-0.2, -0.15) is 4.31 Å². The predicted molar refractivity (Wildman–Crippen MR) is 106 cm³/mol. The molecule has 146 valence electrons. The molecule has 27 heavy (non-hydrogen) atoms. The van der Waals surface area contributed by atoms with Gasteiger partial charge in [0.25, 0.3) is 5.91 Å². The monoisotopic (exact) mass is 389 g/mol. The van der Waals surface area contributed by atoms with Crippen LogP contribution in [0.1, 0.15) is 42.7 Å². The van der Waals surface area contributed by atoms with Crippen LogP contribution in [0.25, 0.3) is 0 Å². The predicted octanol–water partition coefficient (Wildman–Crippen LogP) is 3.26. The number of aryl methyl sites for hydroxylation is 2. The van der Waals surface area contributed by atoms with E-state index in [0.29, 0.717) is 30.4 Å². The summed E-state index contributed by atoms with van der Waals surface area (Å²) < 4.78 is 29.0. The van der Waals surface area contributed by atoms with Crippen LogP contribution >= 0.6 is 0 Å². The highest BCUT2D eigenvalue weighted by Gasteiger charge is 2.30. The van der Waals surface area contributed by atoms with Crippen molar-refractivity contribution < 1.29 is 13.2 Å². The molecular formula is C20H27N3O3S. The Hall–Kier alpha value is -2.12. The average molecular weight is 390 g/mol. The summed E-state index contributed by atoms with van der Waals surface area (Å²) in [5.74, 6) is 0.0325. The van der Waals surface area contributed by atoms with E-state index in [0.717, 1.165) is 24.8 Å². The second kappa shape index (κ2) is 7.86. The third kappa shape index (κ3) is 4.25. The first-order chi connectivity index (χ1) is 12.8. The standard InChI is InChI=1S/C20H27N3O3S/c1-4-16-8-5-9-17(11-16)21-20(24)19-12-18(14-22(19)3)27(25,26)23-10-6-7-15(2)13-23/h5,8-9,11-12,14-15H,4,6-7,10,13H2,1-3H3,(H,21,24)/t15-/m0/s1. The summed E-state index contributed by atoms with van der Waals surface area (Å²) in [6.07, 6.45) is 4.32. The van der Waals surface area contributed by atoms with Gasteiger partial charge in [0.2, 0.25) is 10.0 Å². The Labute approximate surface area is 161 Å². The molecule has 1 amide bonds. The van der Waals surface area contributed by atoms with Gasteiger partial charge in [-0.1, -0.05) is 26.0 Å². The van der Waals surface area contributed by atoms with E-state index in [4.69, 9.17) is 0 Å². The van der Waals surface area contributed by atoms with E-state index >= 15 is 0 Å². The summed E-state index contributed by atoms with van der Waals surface area (Å²) in [5.41, 5.74) is 2.15. The number of hydrogen-bond donors (Lipinski definition) is 1. The quantitative estimate of drug-likeness (QED) is 0.853. The molecule has 2 aromatic rings. The van der Waals surface area contributed by atoms with Gasteiger partial charge in [-0.15, -0.1) is 0 Å². The molecule has 3 rings (SSSR count). The van der Waals surface area contributed by atoms with Gasteiger partial charge in [-0.3, -0.25) is 4.79 Å². The van der Waals surface area contributed by atoms with Crippen molar-refractivity contribution in [3.8, 4) is 0 Å². The second-order valence-corrected chi connectivity index (χ2v) is 9.23.